The summed E-state index contributed by atoms with van der Waals surface area (Å²) < 4.78 is 0. The lowest BCUT2D eigenvalue weighted by atomic mass is 9.92. The van der Waals surface area contributed by atoms with Crippen LogP contribution in [0.3, 0.4) is 0 Å². The first-order chi connectivity index (χ1) is 10.6. The largest absolute Gasteiger partial charge is 0.395 e. The first-order valence-corrected chi connectivity index (χ1v) is 9.32. The zero-order valence-electron chi connectivity index (χ0n) is 15.4. The lowest BCUT2D eigenvalue weighted by Gasteiger charge is -2.35. The molecule has 0 spiro atoms. The minimum absolute atomic E-state index is 0.296. The van der Waals surface area contributed by atoms with Gasteiger partial charge < -0.3 is 14.9 Å². The molecule has 0 unspecified atom stereocenters. The van der Waals surface area contributed by atoms with E-state index in [1.165, 1.54) is 38.8 Å². The van der Waals surface area contributed by atoms with Crippen LogP contribution in [0.5, 0.6) is 0 Å². The van der Waals surface area contributed by atoms with E-state index < -0.39 is 0 Å². The molecule has 1 saturated carbocycles. The van der Waals surface area contributed by atoms with Crippen LogP contribution in [-0.2, 0) is 0 Å². The maximum absolute atomic E-state index is 8.77. The predicted octanol–water partition coefficient (Wildman–Crippen LogP) is 2.13. The molecule has 1 aliphatic heterocycles. The Morgan fingerprint density at radius 2 is 1.68 bits per heavy atom. The standard InChI is InChI=1S/C10H22N2O.C8H17N/c1-10(2)9-12-5-3-11(4-6-12)7-8-13;1-3-7-9(2)8-5-4-6-8/h10,13H,3-9H2,1-2H3;8H,3-7H2,1-2H3. The van der Waals surface area contributed by atoms with Gasteiger partial charge in [-0.25, -0.2) is 0 Å². The Kier molecular flexibility index (Phi) is 10.3. The van der Waals surface area contributed by atoms with Crippen LogP contribution in [0.1, 0.15) is 46.5 Å². The van der Waals surface area contributed by atoms with Gasteiger partial charge in [0.15, 0.2) is 0 Å². The van der Waals surface area contributed by atoms with E-state index >= 15 is 0 Å². The number of aliphatic hydroxyl groups is 1. The molecule has 1 N–H and O–H groups in total. The Hall–Kier alpha value is -0.160. The fourth-order valence-corrected chi connectivity index (χ4v) is 3.22. The van der Waals surface area contributed by atoms with Gasteiger partial charge in [-0.05, 0) is 38.8 Å². The molecule has 0 aromatic rings. The van der Waals surface area contributed by atoms with Crippen LogP contribution in [0.2, 0.25) is 0 Å². The second kappa shape index (κ2) is 11.4. The van der Waals surface area contributed by atoms with Crippen LogP contribution >= 0.6 is 0 Å². The predicted molar refractivity (Wildman–Crippen MR) is 95.4 cm³/mol. The van der Waals surface area contributed by atoms with E-state index in [4.69, 9.17) is 5.11 Å². The molecular formula is C18H39N3O. The summed E-state index contributed by atoms with van der Waals surface area (Å²) in [6, 6.07) is 0.935. The molecule has 2 aliphatic rings. The van der Waals surface area contributed by atoms with Crippen molar-refractivity contribution in [1.29, 1.82) is 0 Å². The Bertz CT molecular complexity index is 261. The third kappa shape index (κ3) is 7.91. The molecule has 1 saturated heterocycles. The van der Waals surface area contributed by atoms with Crippen molar-refractivity contribution in [3.8, 4) is 0 Å². The average Bonchev–Trinajstić information content (AvgIpc) is 2.40. The first kappa shape index (κ1) is 19.9. The fraction of sp³-hybridized carbons (Fsp3) is 1.00. The SMILES string of the molecule is CC(C)CN1CCN(CCO)CC1.CCCN(C)C1CCC1. The number of hydrogen-bond donors (Lipinski definition) is 1. The topological polar surface area (TPSA) is 30.0 Å². The van der Waals surface area contributed by atoms with Crippen molar-refractivity contribution in [1.82, 2.24) is 14.7 Å². The van der Waals surface area contributed by atoms with Crippen molar-refractivity contribution in [2.24, 2.45) is 5.92 Å². The molecule has 22 heavy (non-hydrogen) atoms. The van der Waals surface area contributed by atoms with Gasteiger partial charge in [0.2, 0.25) is 0 Å². The van der Waals surface area contributed by atoms with Crippen LogP contribution in [0.25, 0.3) is 0 Å². The van der Waals surface area contributed by atoms with Gasteiger partial charge in [-0.2, -0.15) is 0 Å². The smallest absolute Gasteiger partial charge is 0.0558 e. The number of hydrogen-bond acceptors (Lipinski definition) is 4. The molecule has 4 nitrogen and oxygen atoms in total. The van der Waals surface area contributed by atoms with Crippen LogP contribution < -0.4 is 0 Å². The molecule has 0 amide bonds. The molecular weight excluding hydrogens is 274 g/mol. The average molecular weight is 314 g/mol. The van der Waals surface area contributed by atoms with E-state index in [1.807, 2.05) is 0 Å². The highest BCUT2D eigenvalue weighted by atomic mass is 16.3. The molecule has 0 atom stereocenters. The summed E-state index contributed by atoms with van der Waals surface area (Å²) >= 11 is 0. The van der Waals surface area contributed by atoms with Crippen molar-refractivity contribution < 1.29 is 5.11 Å². The highest BCUT2D eigenvalue weighted by molar-refractivity contribution is 4.77. The molecule has 2 rings (SSSR count). The normalized spacial score (nSPS) is 20.9. The molecule has 4 heteroatoms. The molecule has 132 valence electrons. The molecule has 1 aliphatic carbocycles. The third-order valence-corrected chi connectivity index (χ3v) is 4.78. The zero-order chi connectivity index (χ0) is 16.4. The molecule has 1 heterocycles. The lowest BCUT2D eigenvalue weighted by Crippen LogP contribution is -2.48. The van der Waals surface area contributed by atoms with E-state index in [1.54, 1.807) is 0 Å². The Balaban J connectivity index is 0.000000235. The zero-order valence-corrected chi connectivity index (χ0v) is 15.4. The maximum Gasteiger partial charge on any atom is 0.0558 e. The molecule has 0 aromatic heterocycles. The van der Waals surface area contributed by atoms with E-state index in [-0.39, 0.29) is 0 Å². The number of β-amino-alcohol motifs (C(OH)–C–C–N with tert-alkyl or cyclic N) is 1. The van der Waals surface area contributed by atoms with Crippen molar-refractivity contribution in [3.63, 3.8) is 0 Å². The van der Waals surface area contributed by atoms with Gasteiger partial charge in [-0.3, -0.25) is 4.90 Å². The Labute approximate surface area is 138 Å². The quantitative estimate of drug-likeness (QED) is 0.780. The highest BCUT2D eigenvalue weighted by Crippen LogP contribution is 2.23. The van der Waals surface area contributed by atoms with Gasteiger partial charge in [0.05, 0.1) is 6.61 Å². The minimum Gasteiger partial charge on any atom is -0.395 e. The van der Waals surface area contributed by atoms with Crippen LogP contribution in [0.15, 0.2) is 0 Å². The van der Waals surface area contributed by atoms with E-state index in [2.05, 4.69) is 42.5 Å². The van der Waals surface area contributed by atoms with Gasteiger partial charge in [0, 0.05) is 45.3 Å². The summed E-state index contributed by atoms with van der Waals surface area (Å²) in [6.07, 6.45) is 5.64. The fourth-order valence-electron chi connectivity index (χ4n) is 3.22. The van der Waals surface area contributed by atoms with Crippen LogP contribution in [0, 0.1) is 5.92 Å². The number of aliphatic hydroxyl groups excluding tert-OH is 1. The van der Waals surface area contributed by atoms with E-state index in [9.17, 15) is 0 Å². The highest BCUT2D eigenvalue weighted by Gasteiger charge is 2.20. The van der Waals surface area contributed by atoms with E-state index in [0.717, 1.165) is 44.7 Å². The second-order valence-corrected chi connectivity index (χ2v) is 7.33. The van der Waals surface area contributed by atoms with Gasteiger partial charge >= 0.3 is 0 Å². The summed E-state index contributed by atoms with van der Waals surface area (Å²) in [5.41, 5.74) is 0. The lowest BCUT2D eigenvalue weighted by molar-refractivity contribution is 0.105. The van der Waals surface area contributed by atoms with Gasteiger partial charge in [0.25, 0.3) is 0 Å². The number of piperazine rings is 1. The van der Waals surface area contributed by atoms with Gasteiger partial charge in [-0.1, -0.05) is 27.2 Å². The summed E-state index contributed by atoms with van der Waals surface area (Å²) in [7, 11) is 2.24. The summed E-state index contributed by atoms with van der Waals surface area (Å²) in [6.45, 7) is 15.0. The summed E-state index contributed by atoms with van der Waals surface area (Å²) in [5.74, 6) is 0.768. The maximum atomic E-state index is 8.77. The van der Waals surface area contributed by atoms with Crippen molar-refractivity contribution in [2.75, 3.05) is 59.5 Å². The molecule has 0 bridgehead atoms. The van der Waals surface area contributed by atoms with E-state index in [0.29, 0.717) is 6.61 Å². The molecule has 2 fully saturated rings. The number of rotatable bonds is 7. The molecule has 0 aromatic carbocycles. The minimum atomic E-state index is 0.296. The Morgan fingerprint density at radius 3 is 2.09 bits per heavy atom. The van der Waals surface area contributed by atoms with Crippen molar-refractivity contribution in [2.45, 2.75) is 52.5 Å². The van der Waals surface area contributed by atoms with Crippen molar-refractivity contribution >= 4 is 0 Å². The first-order valence-electron chi connectivity index (χ1n) is 9.32. The monoisotopic (exact) mass is 313 g/mol. The van der Waals surface area contributed by atoms with Crippen LogP contribution in [-0.4, -0.2) is 85.3 Å². The van der Waals surface area contributed by atoms with Gasteiger partial charge in [-0.15, -0.1) is 0 Å². The molecule has 0 radical (unpaired) electrons. The van der Waals surface area contributed by atoms with Crippen LogP contribution in [0.4, 0.5) is 0 Å². The summed E-state index contributed by atoms with van der Waals surface area (Å²) in [4.78, 5) is 7.33. The second-order valence-electron chi connectivity index (χ2n) is 7.33. The number of nitrogens with zero attached hydrogens (tertiary/aromatic N) is 3. The third-order valence-electron chi connectivity index (χ3n) is 4.78. The van der Waals surface area contributed by atoms with Crippen molar-refractivity contribution in [3.05, 3.63) is 0 Å². The van der Waals surface area contributed by atoms with Gasteiger partial charge in [0.1, 0.15) is 0 Å². The summed E-state index contributed by atoms with van der Waals surface area (Å²) in [5, 5.41) is 8.77. The Morgan fingerprint density at radius 1 is 1.09 bits per heavy atom.